The van der Waals surface area contributed by atoms with Gasteiger partial charge < -0.3 is 15.2 Å². The molecule has 0 radical (unpaired) electrons. The minimum absolute atomic E-state index is 0.00909. The van der Waals surface area contributed by atoms with E-state index in [1.54, 1.807) is 18.4 Å². The quantitative estimate of drug-likeness (QED) is 0.693. The van der Waals surface area contributed by atoms with Crippen molar-refractivity contribution < 1.29 is 9.84 Å². The summed E-state index contributed by atoms with van der Waals surface area (Å²) >= 11 is 1.55. The molecule has 86 valence electrons. The van der Waals surface area contributed by atoms with Crippen LogP contribution in [0, 0.1) is 0 Å². The minimum Gasteiger partial charge on any atom is -0.389 e. The van der Waals surface area contributed by atoms with E-state index in [-0.39, 0.29) is 6.61 Å². The molecule has 0 saturated heterocycles. The second-order valence-corrected chi connectivity index (χ2v) is 4.41. The van der Waals surface area contributed by atoms with Crippen molar-refractivity contribution in [1.29, 1.82) is 0 Å². The molecule has 1 aromatic heterocycles. The summed E-state index contributed by atoms with van der Waals surface area (Å²) in [6.45, 7) is 4.46. The smallest absolute Gasteiger partial charge is 0.119 e. The summed E-state index contributed by atoms with van der Waals surface area (Å²) in [5.41, 5.74) is 0.940. The van der Waals surface area contributed by atoms with Crippen molar-refractivity contribution in [2.45, 2.75) is 33.1 Å². The van der Waals surface area contributed by atoms with Gasteiger partial charge >= 0.3 is 0 Å². The van der Waals surface area contributed by atoms with Crippen molar-refractivity contribution in [3.8, 4) is 0 Å². The van der Waals surface area contributed by atoms with Crippen LogP contribution in [0.1, 0.15) is 28.9 Å². The zero-order chi connectivity index (χ0) is 11.1. The fraction of sp³-hybridized carbons (Fsp3) is 0.700. The zero-order valence-electron chi connectivity index (χ0n) is 9.25. The Morgan fingerprint density at radius 2 is 2.33 bits per heavy atom. The number of methoxy groups -OCH3 is 1. The van der Waals surface area contributed by atoms with Gasteiger partial charge in [-0.2, -0.15) is 0 Å². The van der Waals surface area contributed by atoms with E-state index in [1.165, 1.54) is 0 Å². The summed E-state index contributed by atoms with van der Waals surface area (Å²) in [4.78, 5) is 5.46. The number of aliphatic hydroxyl groups is 1. The lowest BCUT2D eigenvalue weighted by Gasteiger charge is -2.02. The highest BCUT2D eigenvalue weighted by atomic mass is 32.1. The molecule has 5 heteroatoms. The van der Waals surface area contributed by atoms with E-state index in [0.717, 1.165) is 35.1 Å². The van der Waals surface area contributed by atoms with Crippen LogP contribution in [0.3, 0.4) is 0 Å². The molecule has 0 fully saturated rings. The van der Waals surface area contributed by atoms with E-state index < -0.39 is 0 Å². The highest BCUT2D eigenvalue weighted by Gasteiger charge is 2.09. The van der Waals surface area contributed by atoms with Gasteiger partial charge in [0.25, 0.3) is 0 Å². The molecule has 1 aromatic rings. The Kier molecular flexibility index (Phi) is 5.78. The predicted octanol–water partition coefficient (Wildman–Crippen LogP) is 1.28. The van der Waals surface area contributed by atoms with Crippen LogP contribution in [0.5, 0.6) is 0 Å². The fourth-order valence-electron chi connectivity index (χ4n) is 1.27. The monoisotopic (exact) mass is 230 g/mol. The van der Waals surface area contributed by atoms with Gasteiger partial charge in [-0.25, -0.2) is 4.98 Å². The zero-order valence-corrected chi connectivity index (χ0v) is 10.1. The normalized spacial score (nSPS) is 10.9. The number of aromatic nitrogens is 1. The third kappa shape index (κ3) is 3.87. The van der Waals surface area contributed by atoms with Gasteiger partial charge in [-0.1, -0.05) is 6.92 Å². The Bertz CT molecular complexity index is 289. The van der Waals surface area contributed by atoms with E-state index in [0.29, 0.717) is 6.61 Å². The van der Waals surface area contributed by atoms with Crippen LogP contribution in [0.2, 0.25) is 0 Å². The van der Waals surface area contributed by atoms with Gasteiger partial charge in [0.05, 0.1) is 18.9 Å². The second kappa shape index (κ2) is 6.90. The Morgan fingerprint density at radius 3 is 2.93 bits per heavy atom. The molecule has 0 aromatic carbocycles. The maximum absolute atomic E-state index is 9.00. The molecule has 0 spiro atoms. The van der Waals surface area contributed by atoms with Crippen molar-refractivity contribution in [3.05, 3.63) is 15.6 Å². The Balaban J connectivity index is 2.61. The topological polar surface area (TPSA) is 54.4 Å². The van der Waals surface area contributed by atoms with E-state index in [1.807, 2.05) is 0 Å². The van der Waals surface area contributed by atoms with Gasteiger partial charge in [0.15, 0.2) is 0 Å². The lowest BCUT2D eigenvalue weighted by molar-refractivity contribution is 0.180. The molecule has 0 atom stereocenters. The van der Waals surface area contributed by atoms with Crippen LogP contribution in [0.15, 0.2) is 0 Å². The van der Waals surface area contributed by atoms with Crippen LogP contribution >= 0.6 is 11.3 Å². The van der Waals surface area contributed by atoms with Gasteiger partial charge in [0.1, 0.15) is 5.01 Å². The van der Waals surface area contributed by atoms with Crippen LogP contribution in [-0.4, -0.2) is 23.7 Å². The summed E-state index contributed by atoms with van der Waals surface area (Å²) in [6.07, 6.45) is 1.12. The van der Waals surface area contributed by atoms with Crippen molar-refractivity contribution in [1.82, 2.24) is 10.3 Å². The lowest BCUT2D eigenvalue weighted by Crippen LogP contribution is -2.14. The second-order valence-electron chi connectivity index (χ2n) is 3.25. The SMILES string of the molecule is CCCNCc1sc(CO)nc1COC. The molecule has 0 saturated carbocycles. The molecule has 0 bridgehead atoms. The standard InChI is InChI=1S/C10H18N2O2S/c1-3-4-11-5-9-8(7-14-2)12-10(6-13)15-9/h11,13H,3-7H2,1-2H3. The van der Waals surface area contributed by atoms with Gasteiger partial charge in [-0.15, -0.1) is 11.3 Å². The largest absolute Gasteiger partial charge is 0.389 e. The molecule has 0 aliphatic heterocycles. The van der Waals surface area contributed by atoms with E-state index in [2.05, 4.69) is 17.2 Å². The number of hydrogen-bond acceptors (Lipinski definition) is 5. The maximum atomic E-state index is 9.00. The number of hydrogen-bond donors (Lipinski definition) is 2. The number of thiazole rings is 1. The molecule has 0 aliphatic rings. The molecular formula is C10H18N2O2S. The molecular weight excluding hydrogens is 212 g/mol. The minimum atomic E-state index is 0.00909. The Morgan fingerprint density at radius 1 is 1.53 bits per heavy atom. The lowest BCUT2D eigenvalue weighted by atomic mass is 10.3. The molecule has 0 aliphatic carbocycles. The first kappa shape index (κ1) is 12.6. The molecule has 1 rings (SSSR count). The first-order valence-corrected chi connectivity index (χ1v) is 5.91. The van der Waals surface area contributed by atoms with Crippen LogP contribution in [-0.2, 0) is 24.5 Å². The van der Waals surface area contributed by atoms with E-state index >= 15 is 0 Å². The summed E-state index contributed by atoms with van der Waals surface area (Å²) in [5, 5.41) is 13.1. The summed E-state index contributed by atoms with van der Waals surface area (Å²) in [7, 11) is 1.65. The van der Waals surface area contributed by atoms with Crippen molar-refractivity contribution in [2.75, 3.05) is 13.7 Å². The summed E-state index contributed by atoms with van der Waals surface area (Å²) in [6, 6.07) is 0. The van der Waals surface area contributed by atoms with Gasteiger partial charge in [-0.3, -0.25) is 0 Å². The van der Waals surface area contributed by atoms with Gasteiger partial charge in [0.2, 0.25) is 0 Å². The predicted molar refractivity (Wildman–Crippen MR) is 60.7 cm³/mol. The number of ether oxygens (including phenoxy) is 1. The van der Waals surface area contributed by atoms with E-state index in [4.69, 9.17) is 9.84 Å². The average molecular weight is 230 g/mol. The Hall–Kier alpha value is -0.490. The molecule has 0 unspecified atom stereocenters. The Labute approximate surface area is 94.3 Å². The number of rotatable bonds is 7. The third-order valence-corrected chi connectivity index (χ3v) is 3.03. The van der Waals surface area contributed by atoms with Crippen molar-refractivity contribution in [3.63, 3.8) is 0 Å². The number of aliphatic hydroxyl groups excluding tert-OH is 1. The van der Waals surface area contributed by atoms with Crippen LogP contribution in [0.25, 0.3) is 0 Å². The summed E-state index contributed by atoms with van der Waals surface area (Å²) in [5.74, 6) is 0. The highest BCUT2D eigenvalue weighted by molar-refractivity contribution is 7.11. The van der Waals surface area contributed by atoms with Crippen LogP contribution in [0.4, 0.5) is 0 Å². The molecule has 2 N–H and O–H groups in total. The first-order chi connectivity index (χ1) is 7.31. The van der Waals surface area contributed by atoms with Crippen molar-refractivity contribution in [2.24, 2.45) is 0 Å². The van der Waals surface area contributed by atoms with Crippen LogP contribution < -0.4 is 5.32 Å². The number of nitrogens with one attached hydrogen (secondary N) is 1. The first-order valence-electron chi connectivity index (χ1n) is 5.09. The molecule has 15 heavy (non-hydrogen) atoms. The van der Waals surface area contributed by atoms with Gasteiger partial charge in [-0.05, 0) is 13.0 Å². The van der Waals surface area contributed by atoms with Gasteiger partial charge in [0, 0.05) is 18.5 Å². The molecule has 4 nitrogen and oxygen atoms in total. The highest BCUT2D eigenvalue weighted by Crippen LogP contribution is 2.19. The maximum Gasteiger partial charge on any atom is 0.119 e. The fourth-order valence-corrected chi connectivity index (χ4v) is 2.17. The summed E-state index contributed by atoms with van der Waals surface area (Å²) < 4.78 is 5.07. The molecule has 1 heterocycles. The molecule has 0 amide bonds. The van der Waals surface area contributed by atoms with Crippen molar-refractivity contribution >= 4 is 11.3 Å². The third-order valence-electron chi connectivity index (χ3n) is 1.95. The number of nitrogens with zero attached hydrogens (tertiary/aromatic N) is 1. The average Bonchev–Trinajstić information content (AvgIpc) is 2.62. The van der Waals surface area contributed by atoms with E-state index in [9.17, 15) is 0 Å².